The molecule has 1 rings (SSSR count). The van der Waals surface area contributed by atoms with Gasteiger partial charge >= 0.3 is 6.03 Å². The van der Waals surface area contributed by atoms with Crippen molar-refractivity contribution in [3.63, 3.8) is 0 Å². The molecule has 1 fully saturated rings. The van der Waals surface area contributed by atoms with Crippen LogP contribution < -0.4 is 5.32 Å². The zero-order valence-electron chi connectivity index (χ0n) is 12.4. The second-order valence-corrected chi connectivity index (χ2v) is 5.60. The van der Waals surface area contributed by atoms with Crippen molar-refractivity contribution in [1.29, 1.82) is 0 Å². The van der Waals surface area contributed by atoms with Gasteiger partial charge in [0, 0.05) is 25.7 Å². The van der Waals surface area contributed by atoms with Crippen LogP contribution >= 0.6 is 0 Å². The van der Waals surface area contributed by atoms with E-state index >= 15 is 0 Å². The molecule has 0 spiro atoms. The van der Waals surface area contributed by atoms with Crippen molar-refractivity contribution in [2.24, 2.45) is 0 Å². The van der Waals surface area contributed by atoms with E-state index in [1.54, 1.807) is 11.8 Å². The third kappa shape index (κ3) is 6.25. The molecule has 0 aromatic rings. The minimum atomic E-state index is -0.505. The summed E-state index contributed by atoms with van der Waals surface area (Å²) in [5.41, 5.74) is 0. The first-order valence-electron chi connectivity index (χ1n) is 7.35. The van der Waals surface area contributed by atoms with Gasteiger partial charge in [-0.1, -0.05) is 0 Å². The maximum atomic E-state index is 12.0. The van der Waals surface area contributed by atoms with Crippen LogP contribution in [0.1, 0.15) is 46.5 Å². The van der Waals surface area contributed by atoms with Crippen LogP contribution in [-0.2, 0) is 4.74 Å². The molecule has 1 heterocycles. The highest BCUT2D eigenvalue weighted by molar-refractivity contribution is 5.74. The Hall–Kier alpha value is -0.810. The van der Waals surface area contributed by atoms with E-state index in [1.165, 1.54) is 6.42 Å². The number of carbonyl (C=O) groups is 1. The quantitative estimate of drug-likeness (QED) is 0.774. The van der Waals surface area contributed by atoms with E-state index in [4.69, 9.17) is 4.74 Å². The molecule has 0 aromatic carbocycles. The Morgan fingerprint density at radius 1 is 1.42 bits per heavy atom. The second kappa shape index (κ2) is 8.38. The third-order valence-corrected chi connectivity index (χ3v) is 3.36. The fourth-order valence-electron chi connectivity index (χ4n) is 2.29. The summed E-state index contributed by atoms with van der Waals surface area (Å²) in [4.78, 5) is 13.7. The van der Waals surface area contributed by atoms with Crippen LogP contribution in [0.3, 0.4) is 0 Å². The van der Waals surface area contributed by atoms with Gasteiger partial charge < -0.3 is 20.1 Å². The van der Waals surface area contributed by atoms with Crippen molar-refractivity contribution in [2.45, 2.75) is 64.7 Å². The predicted octanol–water partition coefficient (Wildman–Crippen LogP) is 1.75. The Balaban J connectivity index is 2.27. The average molecular weight is 272 g/mol. The standard InChI is InChI=1S/C14H28N2O3/c1-11(2)16(10-12(3)17)14(18)15-8-7-13-6-4-5-9-19-13/h11-13,17H,4-10H2,1-3H3,(H,15,18). The Morgan fingerprint density at radius 2 is 2.16 bits per heavy atom. The van der Waals surface area contributed by atoms with Crippen molar-refractivity contribution in [2.75, 3.05) is 19.7 Å². The van der Waals surface area contributed by atoms with Crippen LogP contribution in [0.4, 0.5) is 4.79 Å². The van der Waals surface area contributed by atoms with E-state index in [9.17, 15) is 9.90 Å². The molecular formula is C14H28N2O3. The van der Waals surface area contributed by atoms with Crippen LogP contribution in [0.25, 0.3) is 0 Å². The summed E-state index contributed by atoms with van der Waals surface area (Å²) in [6, 6.07) is -0.0211. The van der Waals surface area contributed by atoms with Gasteiger partial charge in [-0.25, -0.2) is 4.79 Å². The Morgan fingerprint density at radius 3 is 2.68 bits per heavy atom. The van der Waals surface area contributed by atoms with Gasteiger partial charge in [-0.05, 0) is 46.5 Å². The molecule has 0 radical (unpaired) electrons. The first-order chi connectivity index (χ1) is 9.00. The lowest BCUT2D eigenvalue weighted by Gasteiger charge is -2.29. The zero-order chi connectivity index (χ0) is 14.3. The molecule has 0 bridgehead atoms. The third-order valence-electron chi connectivity index (χ3n) is 3.36. The van der Waals surface area contributed by atoms with Crippen molar-refractivity contribution < 1.29 is 14.6 Å². The summed E-state index contributed by atoms with van der Waals surface area (Å²) in [5, 5.41) is 12.3. The lowest BCUT2D eigenvalue weighted by Crippen LogP contribution is -2.47. The van der Waals surface area contributed by atoms with Gasteiger partial charge in [0.25, 0.3) is 0 Å². The number of nitrogens with zero attached hydrogens (tertiary/aromatic N) is 1. The molecule has 1 saturated heterocycles. The SMILES string of the molecule is CC(O)CN(C(=O)NCCC1CCCCO1)C(C)C. The summed E-state index contributed by atoms with van der Waals surface area (Å²) in [7, 11) is 0. The normalized spacial score (nSPS) is 21.2. The van der Waals surface area contributed by atoms with E-state index in [2.05, 4.69) is 5.32 Å². The zero-order valence-corrected chi connectivity index (χ0v) is 12.4. The first-order valence-corrected chi connectivity index (χ1v) is 7.35. The highest BCUT2D eigenvalue weighted by Crippen LogP contribution is 2.14. The Kier molecular flexibility index (Phi) is 7.16. The number of aliphatic hydroxyl groups is 1. The molecule has 1 aliphatic rings. The minimum Gasteiger partial charge on any atom is -0.392 e. The van der Waals surface area contributed by atoms with Crippen molar-refractivity contribution in [3.05, 3.63) is 0 Å². The Labute approximate surface area is 116 Å². The molecule has 0 aliphatic carbocycles. The largest absolute Gasteiger partial charge is 0.392 e. The molecule has 2 N–H and O–H groups in total. The summed E-state index contributed by atoms with van der Waals surface area (Å²) >= 11 is 0. The number of hydrogen-bond acceptors (Lipinski definition) is 3. The summed E-state index contributed by atoms with van der Waals surface area (Å²) in [6.45, 7) is 7.44. The molecule has 0 aromatic heterocycles. The van der Waals surface area contributed by atoms with E-state index in [1.807, 2.05) is 13.8 Å². The van der Waals surface area contributed by atoms with Gasteiger partial charge in [0.05, 0.1) is 12.2 Å². The van der Waals surface area contributed by atoms with E-state index in [0.717, 1.165) is 25.9 Å². The highest BCUT2D eigenvalue weighted by atomic mass is 16.5. The molecule has 2 amide bonds. The molecule has 0 saturated carbocycles. The molecule has 2 atom stereocenters. The molecular weight excluding hydrogens is 244 g/mol. The van der Waals surface area contributed by atoms with Gasteiger partial charge in [0.2, 0.25) is 0 Å². The lowest BCUT2D eigenvalue weighted by atomic mass is 10.1. The van der Waals surface area contributed by atoms with Gasteiger partial charge in [-0.3, -0.25) is 0 Å². The van der Waals surface area contributed by atoms with E-state index < -0.39 is 6.10 Å². The monoisotopic (exact) mass is 272 g/mol. The lowest BCUT2D eigenvalue weighted by molar-refractivity contribution is 0.0117. The number of amides is 2. The smallest absolute Gasteiger partial charge is 0.317 e. The molecule has 5 nitrogen and oxygen atoms in total. The van der Waals surface area contributed by atoms with Crippen LogP contribution in [0.15, 0.2) is 0 Å². The highest BCUT2D eigenvalue weighted by Gasteiger charge is 2.19. The number of aliphatic hydroxyl groups excluding tert-OH is 1. The molecule has 112 valence electrons. The van der Waals surface area contributed by atoms with Gasteiger partial charge in [0.1, 0.15) is 0 Å². The molecule has 1 aliphatic heterocycles. The number of rotatable bonds is 6. The van der Waals surface area contributed by atoms with Crippen LogP contribution in [0.5, 0.6) is 0 Å². The maximum Gasteiger partial charge on any atom is 0.317 e. The number of hydrogen-bond donors (Lipinski definition) is 2. The average Bonchev–Trinajstić information content (AvgIpc) is 2.36. The first kappa shape index (κ1) is 16.2. The van der Waals surface area contributed by atoms with E-state index in [0.29, 0.717) is 19.2 Å². The van der Waals surface area contributed by atoms with Crippen LogP contribution in [-0.4, -0.2) is 54.0 Å². The molecule has 5 heteroatoms. The van der Waals surface area contributed by atoms with Crippen LogP contribution in [0, 0.1) is 0 Å². The second-order valence-electron chi connectivity index (χ2n) is 5.60. The predicted molar refractivity (Wildman–Crippen MR) is 75.1 cm³/mol. The topological polar surface area (TPSA) is 61.8 Å². The number of carbonyl (C=O) groups excluding carboxylic acids is 1. The van der Waals surface area contributed by atoms with E-state index in [-0.39, 0.29) is 12.1 Å². The van der Waals surface area contributed by atoms with Crippen molar-refractivity contribution in [1.82, 2.24) is 10.2 Å². The molecule has 19 heavy (non-hydrogen) atoms. The number of urea groups is 1. The summed E-state index contributed by atoms with van der Waals surface area (Å²) in [5.74, 6) is 0. The summed E-state index contributed by atoms with van der Waals surface area (Å²) in [6.07, 6.45) is 4.12. The number of ether oxygens (including phenoxy) is 1. The fourth-order valence-corrected chi connectivity index (χ4v) is 2.29. The minimum absolute atomic E-state index is 0.0838. The van der Waals surface area contributed by atoms with Crippen molar-refractivity contribution in [3.8, 4) is 0 Å². The Bertz CT molecular complexity index is 263. The van der Waals surface area contributed by atoms with Gasteiger partial charge in [-0.2, -0.15) is 0 Å². The van der Waals surface area contributed by atoms with Gasteiger partial charge in [-0.15, -0.1) is 0 Å². The van der Waals surface area contributed by atoms with Crippen molar-refractivity contribution >= 4 is 6.03 Å². The van der Waals surface area contributed by atoms with Gasteiger partial charge in [0.15, 0.2) is 0 Å². The maximum absolute atomic E-state index is 12.0. The fraction of sp³-hybridized carbons (Fsp3) is 0.929. The molecule has 2 unspecified atom stereocenters. The summed E-state index contributed by atoms with van der Waals surface area (Å²) < 4.78 is 5.63. The van der Waals surface area contributed by atoms with Crippen LogP contribution in [0.2, 0.25) is 0 Å². The number of nitrogens with one attached hydrogen (secondary N) is 1.